The molecule has 144 valence electrons. The zero-order valence-corrected chi connectivity index (χ0v) is 16.9. The molecule has 27 heavy (non-hydrogen) atoms. The molecule has 1 aromatic carbocycles. The van der Waals surface area contributed by atoms with E-state index in [-0.39, 0.29) is 23.8 Å². The Morgan fingerprint density at radius 1 is 1.26 bits per heavy atom. The molecule has 2 aliphatic carbocycles. The van der Waals surface area contributed by atoms with E-state index in [1.165, 1.54) is 9.75 Å². The topological polar surface area (TPSA) is 58.6 Å². The Bertz CT molecular complexity index is 819. The predicted molar refractivity (Wildman–Crippen MR) is 108 cm³/mol. The number of Topliss-reactive ketones (excluding diaryl/α,β-unsaturated/α-hetero) is 1. The highest BCUT2D eigenvalue weighted by atomic mass is 35.5. The molecule has 2 aromatic rings. The summed E-state index contributed by atoms with van der Waals surface area (Å²) in [6, 6.07) is 9.18. The smallest absolute Gasteiger partial charge is 0.168 e. The molecule has 4 nitrogen and oxygen atoms in total. The number of aliphatic hydroxyl groups is 1. The first-order valence-corrected chi connectivity index (χ1v) is 10.7. The van der Waals surface area contributed by atoms with Gasteiger partial charge in [0.05, 0.1) is 0 Å². The van der Waals surface area contributed by atoms with Gasteiger partial charge < -0.3 is 15.2 Å². The van der Waals surface area contributed by atoms with Gasteiger partial charge in [-0.25, -0.2) is 0 Å². The number of ether oxygens (including phenoxy) is 1. The molecule has 0 radical (unpaired) electrons. The van der Waals surface area contributed by atoms with Crippen LogP contribution in [0.25, 0.3) is 0 Å². The second-order valence-electron chi connectivity index (χ2n) is 7.49. The molecule has 1 saturated carbocycles. The average molecular weight is 406 g/mol. The minimum Gasteiger partial charge on any atom is -0.488 e. The van der Waals surface area contributed by atoms with Gasteiger partial charge in [0, 0.05) is 38.8 Å². The van der Waals surface area contributed by atoms with Gasteiger partial charge in [-0.1, -0.05) is 11.6 Å². The summed E-state index contributed by atoms with van der Waals surface area (Å²) in [5.41, 5.74) is 0.909. The van der Waals surface area contributed by atoms with Crippen molar-refractivity contribution < 1.29 is 14.6 Å². The second-order valence-corrected chi connectivity index (χ2v) is 9.26. The van der Waals surface area contributed by atoms with Crippen LogP contribution in [0.2, 0.25) is 5.02 Å². The molecule has 0 saturated heterocycles. The fraction of sp³-hybridized carbons (Fsp3) is 0.476. The number of carbonyl (C=O) groups excluding carboxylic acids is 1. The summed E-state index contributed by atoms with van der Waals surface area (Å²) in [7, 11) is 0. The Hall–Kier alpha value is -1.40. The molecule has 1 aromatic heterocycles. The van der Waals surface area contributed by atoms with E-state index in [0.29, 0.717) is 17.3 Å². The summed E-state index contributed by atoms with van der Waals surface area (Å²) in [4.78, 5) is 15.2. The monoisotopic (exact) mass is 405 g/mol. The van der Waals surface area contributed by atoms with Crippen LogP contribution in [-0.4, -0.2) is 35.7 Å². The lowest BCUT2D eigenvalue weighted by molar-refractivity contribution is 0.0442. The number of hydrogen-bond acceptors (Lipinski definition) is 5. The molecule has 0 spiro atoms. The largest absolute Gasteiger partial charge is 0.488 e. The van der Waals surface area contributed by atoms with Crippen molar-refractivity contribution in [1.82, 2.24) is 5.32 Å². The number of nitrogens with one attached hydrogen (secondary N) is 1. The molecule has 6 heteroatoms. The van der Waals surface area contributed by atoms with E-state index in [4.69, 9.17) is 16.3 Å². The number of thiophene rings is 1. The van der Waals surface area contributed by atoms with Gasteiger partial charge in [-0.2, -0.15) is 0 Å². The van der Waals surface area contributed by atoms with Crippen molar-refractivity contribution in [3.8, 4) is 5.75 Å². The highest BCUT2D eigenvalue weighted by Crippen LogP contribution is 2.32. The average Bonchev–Trinajstić information content (AvgIpc) is 3.20. The molecule has 0 amide bonds. The Morgan fingerprint density at radius 2 is 2.04 bits per heavy atom. The molecule has 4 unspecified atom stereocenters. The van der Waals surface area contributed by atoms with Gasteiger partial charge in [-0.3, -0.25) is 4.79 Å². The maximum Gasteiger partial charge on any atom is 0.168 e. The number of halogens is 1. The number of ketones is 1. The molecule has 2 aliphatic rings. The summed E-state index contributed by atoms with van der Waals surface area (Å²) in [5, 5.41) is 14.7. The third-order valence-electron chi connectivity index (χ3n) is 5.57. The number of aliphatic hydroxyl groups excluding tert-OH is 1. The Morgan fingerprint density at radius 3 is 2.81 bits per heavy atom. The Kier molecular flexibility index (Phi) is 5.55. The van der Waals surface area contributed by atoms with Crippen LogP contribution in [0, 0.1) is 12.8 Å². The molecule has 4 rings (SSSR count). The summed E-state index contributed by atoms with van der Waals surface area (Å²) in [6.45, 7) is 2.67. The molecule has 1 heterocycles. The van der Waals surface area contributed by atoms with Gasteiger partial charge in [0.25, 0.3) is 0 Å². The predicted octanol–water partition coefficient (Wildman–Crippen LogP) is 4.02. The number of hydrogen-bond donors (Lipinski definition) is 2. The maximum atomic E-state index is 12.7. The standard InChI is InChI=1S/C21H24ClNO3S/c1-12-10-16-19(27-12)9-2-13(20(16)24)11-23-17-7-8-18(21(17)25)26-15-5-3-14(22)4-6-15/h3-6,10,13,17-18,21,23,25H,2,7-9,11H2,1H3. The van der Waals surface area contributed by atoms with Gasteiger partial charge >= 0.3 is 0 Å². The first-order valence-electron chi connectivity index (χ1n) is 9.48. The summed E-state index contributed by atoms with van der Waals surface area (Å²) < 4.78 is 5.92. The van der Waals surface area contributed by atoms with Crippen LogP contribution < -0.4 is 10.1 Å². The molecule has 1 fully saturated rings. The van der Waals surface area contributed by atoms with Crippen molar-refractivity contribution in [3.05, 3.63) is 50.7 Å². The van der Waals surface area contributed by atoms with Crippen LogP contribution in [0.4, 0.5) is 0 Å². The fourth-order valence-electron chi connectivity index (χ4n) is 4.09. The minimum absolute atomic E-state index is 0.00469. The highest BCUT2D eigenvalue weighted by molar-refractivity contribution is 7.12. The lowest BCUT2D eigenvalue weighted by Gasteiger charge is -2.25. The van der Waals surface area contributed by atoms with E-state index in [1.54, 1.807) is 23.5 Å². The second kappa shape index (κ2) is 7.92. The number of benzene rings is 1. The maximum absolute atomic E-state index is 12.7. The quantitative estimate of drug-likeness (QED) is 0.788. The number of fused-ring (bicyclic) bond motifs is 1. The molecule has 0 aliphatic heterocycles. The van der Waals surface area contributed by atoms with Gasteiger partial charge in [0.1, 0.15) is 18.0 Å². The van der Waals surface area contributed by atoms with E-state index in [2.05, 4.69) is 12.2 Å². The Balaban J connectivity index is 1.31. The lowest BCUT2D eigenvalue weighted by atomic mass is 9.87. The van der Waals surface area contributed by atoms with Gasteiger partial charge in [-0.05, 0) is 62.9 Å². The van der Waals surface area contributed by atoms with Gasteiger partial charge in [-0.15, -0.1) is 11.3 Å². The molecule has 0 bridgehead atoms. The van der Waals surface area contributed by atoms with Crippen LogP contribution in [0.1, 0.15) is 39.4 Å². The van der Waals surface area contributed by atoms with E-state index in [1.807, 2.05) is 18.2 Å². The van der Waals surface area contributed by atoms with Gasteiger partial charge in [0.15, 0.2) is 5.78 Å². The lowest BCUT2D eigenvalue weighted by Crippen LogP contribution is -2.44. The number of carbonyl (C=O) groups is 1. The van der Waals surface area contributed by atoms with E-state index < -0.39 is 6.10 Å². The first kappa shape index (κ1) is 18.9. The van der Waals surface area contributed by atoms with E-state index in [9.17, 15) is 9.90 Å². The van der Waals surface area contributed by atoms with Crippen molar-refractivity contribution in [2.24, 2.45) is 5.92 Å². The van der Waals surface area contributed by atoms with Crippen molar-refractivity contribution in [2.75, 3.05) is 6.54 Å². The third kappa shape index (κ3) is 4.06. The summed E-state index contributed by atoms with van der Waals surface area (Å²) >= 11 is 7.63. The van der Waals surface area contributed by atoms with Crippen molar-refractivity contribution in [3.63, 3.8) is 0 Å². The summed E-state index contributed by atoms with van der Waals surface area (Å²) in [6.07, 6.45) is 2.65. The fourth-order valence-corrected chi connectivity index (χ4v) is 5.27. The summed E-state index contributed by atoms with van der Waals surface area (Å²) in [5.74, 6) is 0.955. The molecule has 4 atom stereocenters. The third-order valence-corrected chi connectivity index (χ3v) is 6.93. The van der Waals surface area contributed by atoms with E-state index in [0.717, 1.165) is 31.2 Å². The van der Waals surface area contributed by atoms with Crippen molar-refractivity contribution in [2.45, 2.75) is 50.9 Å². The van der Waals surface area contributed by atoms with Crippen LogP contribution in [-0.2, 0) is 6.42 Å². The molecular weight excluding hydrogens is 382 g/mol. The normalized spacial score (nSPS) is 27.6. The zero-order chi connectivity index (χ0) is 19.0. The van der Waals surface area contributed by atoms with Crippen LogP contribution in [0.15, 0.2) is 30.3 Å². The zero-order valence-electron chi connectivity index (χ0n) is 15.3. The van der Waals surface area contributed by atoms with Crippen molar-refractivity contribution >= 4 is 28.7 Å². The highest BCUT2D eigenvalue weighted by Gasteiger charge is 2.37. The van der Waals surface area contributed by atoms with Crippen molar-refractivity contribution in [1.29, 1.82) is 0 Å². The SMILES string of the molecule is Cc1cc2c(s1)CCC(CNC1CCC(Oc3ccc(Cl)cc3)C1O)C2=O. The Labute approximate surface area is 168 Å². The molecule has 2 N–H and O–H groups in total. The number of aryl methyl sites for hydroxylation is 2. The minimum atomic E-state index is -0.585. The van der Waals surface area contributed by atoms with E-state index >= 15 is 0 Å². The van der Waals surface area contributed by atoms with Crippen LogP contribution in [0.3, 0.4) is 0 Å². The molecular formula is C21H24ClNO3S. The van der Waals surface area contributed by atoms with Gasteiger partial charge in [0.2, 0.25) is 0 Å². The first-order chi connectivity index (χ1) is 13.0. The van der Waals surface area contributed by atoms with Crippen LogP contribution in [0.5, 0.6) is 5.75 Å². The van der Waals surface area contributed by atoms with Crippen LogP contribution >= 0.6 is 22.9 Å². The number of rotatable bonds is 5.